The zero-order valence-electron chi connectivity index (χ0n) is 36.4. The van der Waals surface area contributed by atoms with E-state index in [1.807, 2.05) is 6.07 Å². The zero-order chi connectivity index (χ0) is 44.5. The minimum absolute atomic E-state index is 0.0453. The molecule has 2 aliphatic heterocycles. The van der Waals surface area contributed by atoms with Crippen LogP contribution in [0.4, 0.5) is 21.6 Å². The molecule has 2 unspecified atom stereocenters. The second-order valence-corrected chi connectivity index (χ2v) is 21.2. The van der Waals surface area contributed by atoms with Gasteiger partial charge >= 0.3 is 5.69 Å². The summed E-state index contributed by atoms with van der Waals surface area (Å²) in [6.45, 7) is 9.33. The van der Waals surface area contributed by atoms with Crippen molar-refractivity contribution in [3.63, 3.8) is 0 Å². The van der Waals surface area contributed by atoms with E-state index in [0.717, 1.165) is 55.8 Å². The fraction of sp³-hybridized carbons (Fsp3) is 0.479. The highest BCUT2D eigenvalue weighted by Crippen LogP contribution is 2.62. The van der Waals surface area contributed by atoms with Gasteiger partial charge in [0.05, 0.1) is 22.9 Å². The number of likely N-dealkylation sites (tertiary alicyclic amines) is 1. The summed E-state index contributed by atoms with van der Waals surface area (Å²) in [6, 6.07) is 19.7. The summed E-state index contributed by atoms with van der Waals surface area (Å²) in [7, 11) is -4.63. The summed E-state index contributed by atoms with van der Waals surface area (Å²) in [4.78, 5) is 41.4. The number of halogens is 1. The highest BCUT2D eigenvalue weighted by molar-refractivity contribution is 7.90. The third kappa shape index (κ3) is 8.07. The average Bonchev–Trinajstić information content (AvgIpc) is 3.70. The number of hydrogen-bond acceptors (Lipinski definition) is 11. The number of ether oxygens (including phenoxy) is 1. The van der Waals surface area contributed by atoms with Crippen molar-refractivity contribution >= 4 is 44.2 Å². The van der Waals surface area contributed by atoms with E-state index in [1.165, 1.54) is 43.0 Å². The molecule has 1 amide bonds. The number of aromatic amines is 1. The van der Waals surface area contributed by atoms with Crippen LogP contribution in [-0.4, -0.2) is 77.0 Å². The van der Waals surface area contributed by atoms with Gasteiger partial charge in [-0.05, 0) is 129 Å². The molecule has 5 heterocycles. The molecule has 16 heteroatoms. The van der Waals surface area contributed by atoms with Gasteiger partial charge in [0.25, 0.3) is 15.9 Å². The number of fused-ring (bicyclic) bond motifs is 2. The second-order valence-electron chi connectivity index (χ2n) is 19.5. The van der Waals surface area contributed by atoms with E-state index < -0.39 is 37.1 Å². The lowest BCUT2D eigenvalue weighted by Gasteiger charge is -2.56. The smallest absolute Gasteiger partial charge is 0.312 e. The normalized spacial score (nSPS) is 25.4. The minimum atomic E-state index is -4.63. The Morgan fingerprint density at radius 3 is 2.53 bits per heavy atom. The molecule has 3 aliphatic carbocycles. The second kappa shape index (κ2) is 16.1. The Bertz CT molecular complexity index is 2710. The van der Waals surface area contributed by atoms with Crippen LogP contribution in [0.25, 0.3) is 11.0 Å². The van der Waals surface area contributed by atoms with Crippen molar-refractivity contribution in [1.29, 1.82) is 0 Å². The van der Waals surface area contributed by atoms with Gasteiger partial charge < -0.3 is 19.9 Å². The topological polar surface area (TPSA) is 176 Å². The summed E-state index contributed by atoms with van der Waals surface area (Å²) in [5.41, 5.74) is 2.97. The predicted octanol–water partition coefficient (Wildman–Crippen LogP) is 9.28. The van der Waals surface area contributed by atoms with Gasteiger partial charge in [0.2, 0.25) is 5.82 Å². The molecule has 64 heavy (non-hydrogen) atoms. The van der Waals surface area contributed by atoms with Crippen molar-refractivity contribution in [2.24, 2.45) is 23.2 Å². The number of sulfonamides is 1. The molecule has 0 bridgehead atoms. The fourth-order valence-corrected chi connectivity index (χ4v) is 12.5. The lowest BCUT2D eigenvalue weighted by molar-refractivity contribution is -0.384. The Labute approximate surface area is 372 Å². The quantitative estimate of drug-likeness (QED) is 0.0759. The first-order valence-corrected chi connectivity index (χ1v) is 24.1. The molecule has 5 fully saturated rings. The fourth-order valence-electron chi connectivity index (χ4n) is 11.6. The van der Waals surface area contributed by atoms with Crippen molar-refractivity contribution in [1.82, 2.24) is 24.6 Å². The molecule has 2 aromatic carbocycles. The van der Waals surface area contributed by atoms with Crippen LogP contribution in [0.2, 0.25) is 0 Å². The lowest BCUT2D eigenvalue weighted by Crippen LogP contribution is -2.54. The SMILES string of the molecule is CC(C)c1ccccc1[C@@H]1CCCN1C1CC2(CCN(c3ccc(C(=O)NS(=O)(=O)c4cnc(NCC5C6CC(C)(F)CC56)c([N+](=O)[O-])c4)c(Oc4cnc5[nH]ccc5c4)c3)CC2)C1. The number of nitro groups is 1. The summed E-state index contributed by atoms with van der Waals surface area (Å²) >= 11 is 0. The molecule has 5 aliphatic rings. The summed E-state index contributed by atoms with van der Waals surface area (Å²) in [6.07, 6.45) is 12.1. The Balaban J connectivity index is 0.834. The van der Waals surface area contributed by atoms with Gasteiger partial charge in [-0.15, -0.1) is 0 Å². The summed E-state index contributed by atoms with van der Waals surface area (Å²) in [5.74, 6) is 0.512. The number of pyridine rings is 2. The minimum Gasteiger partial charge on any atom is -0.455 e. The van der Waals surface area contributed by atoms with E-state index in [-0.39, 0.29) is 34.9 Å². The van der Waals surface area contributed by atoms with Gasteiger partial charge in [0, 0.05) is 61.1 Å². The molecule has 0 radical (unpaired) electrons. The van der Waals surface area contributed by atoms with Crippen LogP contribution < -0.4 is 19.7 Å². The van der Waals surface area contributed by atoms with Gasteiger partial charge in [0.1, 0.15) is 27.7 Å². The molecule has 3 saturated carbocycles. The Morgan fingerprint density at radius 2 is 1.78 bits per heavy atom. The number of rotatable bonds is 13. The Morgan fingerprint density at radius 1 is 1.02 bits per heavy atom. The third-order valence-corrected chi connectivity index (χ3v) is 16.3. The first-order chi connectivity index (χ1) is 30.7. The van der Waals surface area contributed by atoms with Gasteiger partial charge in [0.15, 0.2) is 0 Å². The number of alkyl halides is 1. The predicted molar refractivity (Wildman–Crippen MR) is 242 cm³/mol. The van der Waals surface area contributed by atoms with E-state index in [0.29, 0.717) is 54.2 Å². The molecule has 1 spiro atoms. The van der Waals surface area contributed by atoms with E-state index in [1.54, 1.807) is 37.4 Å². The maximum atomic E-state index is 14.3. The van der Waals surface area contributed by atoms with Gasteiger partial charge in [-0.3, -0.25) is 19.8 Å². The molecular formula is C48H55FN8O6S. The number of H-pyrrole nitrogens is 1. The van der Waals surface area contributed by atoms with Crippen LogP contribution in [0.3, 0.4) is 0 Å². The van der Waals surface area contributed by atoms with Crippen LogP contribution in [-0.2, 0) is 10.0 Å². The monoisotopic (exact) mass is 890 g/mol. The Hall–Kier alpha value is -5.61. The lowest BCUT2D eigenvalue weighted by atomic mass is 9.59. The summed E-state index contributed by atoms with van der Waals surface area (Å²) < 4.78 is 50.1. The number of hydrogen-bond donors (Lipinski definition) is 3. The van der Waals surface area contributed by atoms with E-state index in [4.69, 9.17) is 4.74 Å². The molecule has 5 aromatic rings. The van der Waals surface area contributed by atoms with Crippen molar-refractivity contribution in [2.75, 3.05) is 36.4 Å². The number of aromatic nitrogens is 3. The zero-order valence-corrected chi connectivity index (χ0v) is 37.2. The average molecular weight is 891 g/mol. The molecule has 14 nitrogen and oxygen atoms in total. The van der Waals surface area contributed by atoms with Crippen molar-refractivity contribution in [2.45, 2.75) is 101 Å². The first kappa shape index (κ1) is 42.3. The molecule has 2 saturated heterocycles. The highest BCUT2D eigenvalue weighted by Gasteiger charge is 2.60. The van der Waals surface area contributed by atoms with Crippen LogP contribution in [0.5, 0.6) is 11.5 Å². The molecule has 336 valence electrons. The number of anilines is 2. The van der Waals surface area contributed by atoms with Gasteiger partial charge in [-0.2, -0.15) is 0 Å². The van der Waals surface area contributed by atoms with E-state index in [9.17, 15) is 27.7 Å². The van der Waals surface area contributed by atoms with Gasteiger partial charge in [-0.25, -0.2) is 27.5 Å². The first-order valence-electron chi connectivity index (χ1n) is 22.6. The number of nitrogens with one attached hydrogen (secondary N) is 3. The van der Waals surface area contributed by atoms with Crippen molar-refractivity contribution in [3.8, 4) is 11.5 Å². The number of carbonyl (C=O) groups excluding carboxylic acids is 1. The number of carbonyl (C=O) groups is 1. The highest BCUT2D eigenvalue weighted by atomic mass is 32.2. The van der Waals surface area contributed by atoms with Crippen LogP contribution >= 0.6 is 0 Å². The van der Waals surface area contributed by atoms with Crippen LogP contribution in [0.15, 0.2) is 84.1 Å². The largest absolute Gasteiger partial charge is 0.455 e. The standard InChI is InChI=1S/C48H55FN8O6S/c1-29(2)35-7-4-5-8-36(35)41-9-6-16-56(41)32-22-48(23-32)13-17-55(18-14-48)31-10-11-37(43(20-31)63-33-19-30-12-15-50-44(30)51-26-33)46(58)54-64(61,62)34-21-42(57(59)60)45(52-27-34)53-28-40-38-24-47(3,49)25-39(38)40/h4-5,7-8,10-12,15,19-21,26-27,29,32,38-41H,6,9,13-14,16-18,22-25,28H2,1-3H3,(H,50,51)(H,52,53)(H,54,58)/t38?,39?,40?,41-,47?/m0/s1. The number of amides is 1. The number of benzene rings is 2. The van der Waals surface area contributed by atoms with Gasteiger partial charge in [-0.1, -0.05) is 38.1 Å². The van der Waals surface area contributed by atoms with Crippen LogP contribution in [0.1, 0.15) is 106 Å². The third-order valence-electron chi connectivity index (χ3n) is 15.0. The number of piperidine rings is 1. The van der Waals surface area contributed by atoms with Crippen molar-refractivity contribution in [3.05, 3.63) is 106 Å². The molecule has 3 N–H and O–H groups in total. The maximum absolute atomic E-state index is 14.3. The van der Waals surface area contributed by atoms with E-state index in [2.05, 4.69) is 72.9 Å². The van der Waals surface area contributed by atoms with Crippen molar-refractivity contribution < 1.29 is 27.3 Å². The Kier molecular flexibility index (Phi) is 10.7. The van der Waals surface area contributed by atoms with Crippen LogP contribution in [0, 0.1) is 33.3 Å². The molecule has 3 atom stereocenters. The summed E-state index contributed by atoms with van der Waals surface area (Å²) in [5, 5.41) is 15.9. The molecule has 3 aromatic heterocycles. The molecular weight excluding hydrogens is 836 g/mol. The molecule has 10 rings (SSSR count). The maximum Gasteiger partial charge on any atom is 0.312 e. The number of nitrogens with zero attached hydrogens (tertiary/aromatic N) is 5. The van der Waals surface area contributed by atoms with E-state index >= 15 is 0 Å².